The summed E-state index contributed by atoms with van der Waals surface area (Å²) in [5.74, 6) is -0.547. The van der Waals surface area contributed by atoms with E-state index in [4.69, 9.17) is 10.7 Å². The van der Waals surface area contributed by atoms with Gasteiger partial charge in [-0.15, -0.1) is 11.3 Å². The van der Waals surface area contributed by atoms with Crippen molar-refractivity contribution in [2.75, 3.05) is 13.1 Å². The number of nitrogens with zero attached hydrogens (tertiary/aromatic N) is 3. The number of aromatic nitrogens is 1. The second kappa shape index (κ2) is 9.89. The van der Waals surface area contributed by atoms with Crippen LogP contribution in [0.25, 0.3) is 5.57 Å². The van der Waals surface area contributed by atoms with E-state index < -0.39 is 5.41 Å². The molecule has 4 nitrogen and oxygen atoms in total. The van der Waals surface area contributed by atoms with Gasteiger partial charge in [-0.3, -0.25) is 0 Å². The number of halogens is 2. The molecule has 2 N–H and O–H groups in total. The fraction of sp³-hybridized carbons (Fsp3) is 0.185. The third-order valence-corrected chi connectivity index (χ3v) is 8.27. The number of rotatable bonds is 5. The number of thiazole rings is 1. The zero-order valence-electron chi connectivity index (χ0n) is 19.0. The molecule has 1 saturated heterocycles. The first-order valence-electron chi connectivity index (χ1n) is 11.2. The molecule has 0 saturated carbocycles. The summed E-state index contributed by atoms with van der Waals surface area (Å²) in [7, 11) is 0. The largest absolute Gasteiger partial charge is 0.404 e. The van der Waals surface area contributed by atoms with E-state index in [0.29, 0.717) is 18.7 Å². The Morgan fingerprint density at radius 3 is 2.74 bits per heavy atom. The Bertz CT molecular complexity index is 1330. The zero-order chi connectivity index (χ0) is 24.4. The molecular formula is C27H24F2N4S2. The average Bonchev–Trinajstić information content (AvgIpc) is 3.40. The van der Waals surface area contributed by atoms with Gasteiger partial charge in [0.05, 0.1) is 11.4 Å². The monoisotopic (exact) mass is 506 g/mol. The predicted octanol–water partition coefficient (Wildman–Crippen LogP) is 6.78. The smallest absolute Gasteiger partial charge is 0.124 e. The second-order valence-electron chi connectivity index (χ2n) is 8.57. The molecule has 8 heteroatoms. The van der Waals surface area contributed by atoms with Gasteiger partial charge >= 0.3 is 0 Å². The Morgan fingerprint density at radius 1 is 1.20 bits per heavy atom. The minimum absolute atomic E-state index is 0.248. The molecule has 2 aliphatic rings. The van der Waals surface area contributed by atoms with Crippen molar-refractivity contribution < 1.29 is 8.78 Å². The van der Waals surface area contributed by atoms with Crippen LogP contribution in [0.4, 0.5) is 14.5 Å². The van der Waals surface area contributed by atoms with Crippen LogP contribution in [0.1, 0.15) is 17.8 Å². The topological polar surface area (TPSA) is 54.5 Å². The van der Waals surface area contributed by atoms with E-state index in [-0.39, 0.29) is 11.6 Å². The van der Waals surface area contributed by atoms with Gasteiger partial charge in [0.1, 0.15) is 16.6 Å². The first-order chi connectivity index (χ1) is 17.0. The van der Waals surface area contributed by atoms with Crippen molar-refractivity contribution >= 4 is 40.3 Å². The van der Waals surface area contributed by atoms with Crippen molar-refractivity contribution in [2.45, 2.75) is 17.7 Å². The summed E-state index contributed by atoms with van der Waals surface area (Å²) in [4.78, 5) is 10.2. The average molecular weight is 507 g/mol. The molecule has 1 aliphatic heterocycles. The molecule has 0 spiro atoms. The SMILES string of the molecule is C=C(c1nccs1)C12CC(=CN)C(=Nc3ccc(F)cc3)C=C1CCN(Sc1cccc(F)c1)C2. The van der Waals surface area contributed by atoms with E-state index in [1.807, 2.05) is 11.4 Å². The summed E-state index contributed by atoms with van der Waals surface area (Å²) >= 11 is 3.12. The van der Waals surface area contributed by atoms with Crippen molar-refractivity contribution in [1.82, 2.24) is 9.29 Å². The van der Waals surface area contributed by atoms with E-state index in [0.717, 1.165) is 39.7 Å². The normalized spacial score (nSPS) is 22.7. The number of piperidine rings is 1. The van der Waals surface area contributed by atoms with Crippen LogP contribution < -0.4 is 5.73 Å². The lowest BCUT2D eigenvalue weighted by atomic mass is 9.63. The molecule has 1 aromatic heterocycles. The predicted molar refractivity (Wildman–Crippen MR) is 140 cm³/mol. The molecule has 0 amide bonds. The van der Waals surface area contributed by atoms with Gasteiger partial charge in [-0.25, -0.2) is 23.1 Å². The summed E-state index contributed by atoms with van der Waals surface area (Å²) in [6.45, 7) is 5.98. The molecule has 2 heterocycles. The summed E-state index contributed by atoms with van der Waals surface area (Å²) in [5, 5.41) is 2.84. The Hall–Kier alpha value is -3.07. The fourth-order valence-corrected chi connectivity index (χ4v) is 6.43. The number of benzene rings is 2. The molecule has 1 aliphatic carbocycles. The maximum absolute atomic E-state index is 13.8. The number of allylic oxidation sites excluding steroid dienone is 2. The van der Waals surface area contributed by atoms with Crippen LogP contribution in [0.3, 0.4) is 0 Å². The van der Waals surface area contributed by atoms with Crippen LogP contribution in [0, 0.1) is 17.0 Å². The third-order valence-electron chi connectivity index (χ3n) is 6.40. The minimum atomic E-state index is -0.413. The molecule has 35 heavy (non-hydrogen) atoms. The van der Waals surface area contributed by atoms with Crippen LogP contribution >= 0.6 is 23.3 Å². The van der Waals surface area contributed by atoms with Gasteiger partial charge in [0.25, 0.3) is 0 Å². The highest BCUT2D eigenvalue weighted by atomic mass is 32.2. The van der Waals surface area contributed by atoms with E-state index in [1.165, 1.54) is 23.8 Å². The van der Waals surface area contributed by atoms with Gasteiger partial charge in [-0.2, -0.15) is 0 Å². The highest BCUT2D eigenvalue weighted by Crippen LogP contribution is 2.53. The third kappa shape index (κ3) is 4.87. The van der Waals surface area contributed by atoms with Gasteiger partial charge in [0.2, 0.25) is 0 Å². The summed E-state index contributed by atoms with van der Waals surface area (Å²) in [6.07, 6.45) is 6.91. The lowest BCUT2D eigenvalue weighted by Gasteiger charge is -2.47. The van der Waals surface area contributed by atoms with Crippen LogP contribution in [0.15, 0.2) is 100.0 Å². The van der Waals surface area contributed by atoms with Gasteiger partial charge in [-0.1, -0.05) is 18.2 Å². The quantitative estimate of drug-likeness (QED) is 0.388. The Balaban J connectivity index is 1.54. The summed E-state index contributed by atoms with van der Waals surface area (Å²) in [5.41, 5.74) is 10.2. The lowest BCUT2D eigenvalue weighted by Crippen LogP contribution is -2.45. The number of nitrogens with two attached hydrogens (primary N) is 1. The van der Waals surface area contributed by atoms with Crippen molar-refractivity contribution in [3.8, 4) is 0 Å². The maximum Gasteiger partial charge on any atom is 0.124 e. The number of hydrogen-bond acceptors (Lipinski definition) is 6. The van der Waals surface area contributed by atoms with Crippen molar-refractivity contribution in [3.63, 3.8) is 0 Å². The molecule has 0 bridgehead atoms. The first kappa shape index (κ1) is 23.7. The first-order valence-corrected chi connectivity index (χ1v) is 12.9. The Morgan fingerprint density at radius 2 is 2.03 bits per heavy atom. The second-order valence-corrected chi connectivity index (χ2v) is 10.6. The van der Waals surface area contributed by atoms with Gasteiger partial charge in [-0.05, 0) is 90.7 Å². The molecule has 178 valence electrons. The standard InChI is InChI=1S/C27H24F2N4S2/c1-18(26-31-10-12-34-26)27-15-19(16-30)25(32-23-7-5-21(28)6-8-23)13-20(27)9-11-33(17-27)35-24-4-2-3-22(29)14-24/h2-8,10,12-14,16H,1,9,11,15,17,30H2. The van der Waals surface area contributed by atoms with E-state index in [2.05, 4.69) is 21.9 Å². The highest BCUT2D eigenvalue weighted by Gasteiger charge is 2.46. The highest BCUT2D eigenvalue weighted by molar-refractivity contribution is 7.97. The van der Waals surface area contributed by atoms with Crippen molar-refractivity contribution in [2.24, 2.45) is 16.1 Å². The maximum atomic E-state index is 13.8. The van der Waals surface area contributed by atoms with E-state index in [1.54, 1.807) is 59.9 Å². The molecular weight excluding hydrogens is 482 g/mol. The molecule has 1 atom stereocenters. The number of hydrogen-bond donors (Lipinski definition) is 1. The van der Waals surface area contributed by atoms with Crippen LogP contribution in [0.5, 0.6) is 0 Å². The molecule has 1 fully saturated rings. The summed E-state index contributed by atoms with van der Waals surface area (Å²) in [6, 6.07) is 12.8. The van der Waals surface area contributed by atoms with Crippen molar-refractivity contribution in [3.05, 3.63) is 107 Å². The lowest BCUT2D eigenvalue weighted by molar-refractivity contribution is 0.288. The molecule has 2 aromatic carbocycles. The van der Waals surface area contributed by atoms with Gasteiger partial charge < -0.3 is 5.73 Å². The van der Waals surface area contributed by atoms with E-state index >= 15 is 0 Å². The van der Waals surface area contributed by atoms with Crippen LogP contribution in [-0.2, 0) is 0 Å². The van der Waals surface area contributed by atoms with Crippen molar-refractivity contribution in [1.29, 1.82) is 0 Å². The molecule has 0 radical (unpaired) electrons. The zero-order valence-corrected chi connectivity index (χ0v) is 20.6. The number of aliphatic imine (C=N–C) groups is 1. The van der Waals surface area contributed by atoms with Gasteiger partial charge in [0.15, 0.2) is 0 Å². The Kier molecular flexibility index (Phi) is 6.69. The van der Waals surface area contributed by atoms with Crippen LogP contribution in [0.2, 0.25) is 0 Å². The van der Waals surface area contributed by atoms with Crippen LogP contribution in [-0.4, -0.2) is 28.1 Å². The molecule has 5 rings (SSSR count). The van der Waals surface area contributed by atoms with Gasteiger partial charge in [0, 0.05) is 35.0 Å². The number of fused-ring (bicyclic) bond motifs is 1. The minimum Gasteiger partial charge on any atom is -0.404 e. The van der Waals surface area contributed by atoms with E-state index in [9.17, 15) is 8.78 Å². The molecule has 3 aromatic rings. The fourth-order valence-electron chi connectivity index (χ4n) is 4.65. The summed E-state index contributed by atoms with van der Waals surface area (Å²) < 4.78 is 29.5. The molecule has 1 unspecified atom stereocenters. The Labute approximate surface area is 211 Å².